The molecule has 0 aliphatic rings. The summed E-state index contributed by atoms with van der Waals surface area (Å²) in [6.07, 6.45) is 0. The highest BCUT2D eigenvalue weighted by molar-refractivity contribution is 6.01. The molecule has 0 spiro atoms. The number of hydrogen-bond acceptors (Lipinski definition) is 7. The predicted molar refractivity (Wildman–Crippen MR) is 114 cm³/mol. The Morgan fingerprint density at radius 2 is 1.74 bits per heavy atom. The van der Waals surface area contributed by atoms with Crippen LogP contribution in [0.2, 0.25) is 0 Å². The van der Waals surface area contributed by atoms with Crippen LogP contribution in [0.25, 0.3) is 0 Å². The number of methoxy groups -OCH3 is 1. The Morgan fingerprint density at radius 3 is 2.26 bits per heavy atom. The Bertz CT molecular complexity index is 1070. The lowest BCUT2D eigenvalue weighted by Crippen LogP contribution is -2.46. The van der Waals surface area contributed by atoms with Gasteiger partial charge in [0.15, 0.2) is 5.78 Å². The molecule has 0 bridgehead atoms. The third-order valence-electron chi connectivity index (χ3n) is 4.95. The number of carbonyl (C=O) groups excluding carboxylic acids is 2. The molecule has 168 valence electrons. The number of nitrogen functional groups attached to an aromatic ring is 1. The molecule has 2 rings (SSSR count). The second-order valence-electron chi connectivity index (χ2n) is 7.30. The number of esters is 1. The fourth-order valence-corrected chi connectivity index (χ4v) is 3.10. The summed E-state index contributed by atoms with van der Waals surface area (Å²) in [4.78, 5) is 51.9. The van der Waals surface area contributed by atoms with E-state index in [0.29, 0.717) is 5.56 Å². The number of nitrogens with zero attached hydrogens (tertiary/aromatic N) is 3. The first-order chi connectivity index (χ1) is 14.6. The standard InChI is InChI=1S/C21H27FN4O5/c1-5-25-20(29)18(16(27)11-24(13(2)3)12-17(28)31-4)19(23)26(21(25)30)10-14-6-8-15(22)9-7-14/h6-9,13H,5,10-12,23H2,1-4H3. The van der Waals surface area contributed by atoms with E-state index in [1.165, 1.54) is 31.4 Å². The van der Waals surface area contributed by atoms with Crippen LogP contribution in [0.5, 0.6) is 0 Å². The first kappa shape index (κ1) is 24.0. The van der Waals surface area contributed by atoms with Gasteiger partial charge in [0.1, 0.15) is 17.2 Å². The summed E-state index contributed by atoms with van der Waals surface area (Å²) in [5, 5.41) is 0. The molecule has 0 aliphatic heterocycles. The van der Waals surface area contributed by atoms with Gasteiger partial charge in [-0.3, -0.25) is 28.4 Å². The van der Waals surface area contributed by atoms with Crippen molar-refractivity contribution in [3.63, 3.8) is 0 Å². The number of nitrogens with two attached hydrogens (primary N) is 1. The molecule has 1 aromatic heterocycles. The average Bonchev–Trinajstić information content (AvgIpc) is 2.72. The van der Waals surface area contributed by atoms with Gasteiger partial charge in [-0.05, 0) is 38.5 Å². The van der Waals surface area contributed by atoms with Gasteiger partial charge in [0.25, 0.3) is 5.56 Å². The topological polar surface area (TPSA) is 117 Å². The van der Waals surface area contributed by atoms with Gasteiger partial charge in [-0.1, -0.05) is 12.1 Å². The fourth-order valence-electron chi connectivity index (χ4n) is 3.10. The summed E-state index contributed by atoms with van der Waals surface area (Å²) < 4.78 is 19.9. The van der Waals surface area contributed by atoms with E-state index in [1.54, 1.807) is 25.7 Å². The van der Waals surface area contributed by atoms with E-state index in [9.17, 15) is 23.6 Å². The number of hydrogen-bond donors (Lipinski definition) is 1. The maximum atomic E-state index is 13.2. The van der Waals surface area contributed by atoms with E-state index in [-0.39, 0.29) is 43.6 Å². The summed E-state index contributed by atoms with van der Waals surface area (Å²) in [7, 11) is 1.24. The second kappa shape index (κ2) is 10.2. The van der Waals surface area contributed by atoms with E-state index in [2.05, 4.69) is 4.74 Å². The molecule has 10 heteroatoms. The van der Waals surface area contributed by atoms with E-state index in [4.69, 9.17) is 5.73 Å². The lowest BCUT2D eigenvalue weighted by Gasteiger charge is -2.24. The molecule has 0 unspecified atom stereocenters. The number of rotatable bonds is 9. The number of benzene rings is 1. The zero-order valence-corrected chi connectivity index (χ0v) is 18.1. The van der Waals surface area contributed by atoms with Gasteiger partial charge in [0.05, 0.1) is 26.7 Å². The van der Waals surface area contributed by atoms with E-state index < -0.39 is 28.8 Å². The number of ether oxygens (including phenoxy) is 1. The quantitative estimate of drug-likeness (QED) is 0.460. The van der Waals surface area contributed by atoms with Crippen LogP contribution in [0.4, 0.5) is 10.2 Å². The Kier molecular flexibility index (Phi) is 7.87. The Hall–Kier alpha value is -3.27. The molecule has 31 heavy (non-hydrogen) atoms. The lowest BCUT2D eigenvalue weighted by molar-refractivity contribution is -0.142. The van der Waals surface area contributed by atoms with Crippen molar-refractivity contribution in [2.45, 2.75) is 39.9 Å². The number of carbonyl (C=O) groups is 2. The molecule has 0 saturated heterocycles. The van der Waals surface area contributed by atoms with Gasteiger partial charge < -0.3 is 10.5 Å². The largest absolute Gasteiger partial charge is 0.468 e. The highest BCUT2D eigenvalue weighted by Crippen LogP contribution is 2.12. The van der Waals surface area contributed by atoms with E-state index >= 15 is 0 Å². The third kappa shape index (κ3) is 5.46. The fraction of sp³-hybridized carbons (Fsp3) is 0.429. The molecule has 1 aromatic carbocycles. The summed E-state index contributed by atoms with van der Waals surface area (Å²) >= 11 is 0. The number of aromatic nitrogens is 2. The molecular formula is C21H27FN4O5. The Balaban J connectivity index is 2.52. The first-order valence-electron chi connectivity index (χ1n) is 9.82. The minimum Gasteiger partial charge on any atom is -0.468 e. The third-order valence-corrected chi connectivity index (χ3v) is 4.95. The predicted octanol–water partition coefficient (Wildman–Crippen LogP) is 0.866. The number of halogens is 1. The van der Waals surface area contributed by atoms with Crippen molar-refractivity contribution in [1.82, 2.24) is 14.0 Å². The molecule has 0 aliphatic carbocycles. The maximum Gasteiger partial charge on any atom is 0.332 e. The molecule has 0 fully saturated rings. The van der Waals surface area contributed by atoms with Crippen molar-refractivity contribution in [1.29, 1.82) is 0 Å². The van der Waals surface area contributed by atoms with Crippen molar-refractivity contribution < 1.29 is 18.7 Å². The molecule has 0 radical (unpaired) electrons. The van der Waals surface area contributed by atoms with E-state index in [0.717, 1.165) is 9.13 Å². The second-order valence-corrected chi connectivity index (χ2v) is 7.30. The summed E-state index contributed by atoms with van der Waals surface area (Å²) in [6, 6.07) is 5.27. The van der Waals surface area contributed by atoms with Crippen LogP contribution in [0, 0.1) is 5.82 Å². The molecule has 0 atom stereocenters. The maximum absolute atomic E-state index is 13.2. The number of anilines is 1. The molecule has 0 saturated carbocycles. The van der Waals surface area contributed by atoms with Gasteiger partial charge in [0.2, 0.25) is 0 Å². The minimum atomic E-state index is -0.785. The van der Waals surface area contributed by atoms with Gasteiger partial charge in [-0.25, -0.2) is 9.18 Å². The SMILES string of the molecule is CCn1c(=O)c(C(=O)CN(CC(=O)OC)C(C)C)c(N)n(Cc2ccc(F)cc2)c1=O. The molecule has 0 amide bonds. The smallest absolute Gasteiger partial charge is 0.332 e. The molecule has 2 aromatic rings. The van der Waals surface area contributed by atoms with Crippen LogP contribution >= 0.6 is 0 Å². The van der Waals surface area contributed by atoms with Crippen molar-refractivity contribution in [3.05, 3.63) is 62.0 Å². The molecule has 9 nitrogen and oxygen atoms in total. The van der Waals surface area contributed by atoms with Crippen molar-refractivity contribution >= 4 is 17.6 Å². The Morgan fingerprint density at radius 1 is 1.13 bits per heavy atom. The average molecular weight is 434 g/mol. The monoisotopic (exact) mass is 434 g/mol. The summed E-state index contributed by atoms with van der Waals surface area (Å²) in [5.74, 6) is -1.84. The lowest BCUT2D eigenvalue weighted by atomic mass is 10.1. The van der Waals surface area contributed by atoms with Crippen LogP contribution in [0.1, 0.15) is 36.7 Å². The van der Waals surface area contributed by atoms with Crippen LogP contribution in [0.15, 0.2) is 33.9 Å². The summed E-state index contributed by atoms with van der Waals surface area (Å²) in [6.45, 7) is 4.78. The zero-order valence-electron chi connectivity index (χ0n) is 18.1. The highest BCUT2D eigenvalue weighted by atomic mass is 19.1. The minimum absolute atomic E-state index is 0.0394. The van der Waals surface area contributed by atoms with Crippen molar-refractivity contribution in [2.75, 3.05) is 25.9 Å². The van der Waals surface area contributed by atoms with Crippen LogP contribution in [-0.2, 0) is 22.6 Å². The van der Waals surface area contributed by atoms with Gasteiger partial charge in [-0.2, -0.15) is 0 Å². The van der Waals surface area contributed by atoms with Crippen LogP contribution in [0.3, 0.4) is 0 Å². The number of Topliss-reactive ketones (excluding diaryl/α,β-unsaturated/α-hetero) is 1. The van der Waals surface area contributed by atoms with Crippen LogP contribution in [-0.4, -0.2) is 52.0 Å². The highest BCUT2D eigenvalue weighted by Gasteiger charge is 2.26. The van der Waals surface area contributed by atoms with Crippen LogP contribution < -0.4 is 17.0 Å². The number of ketones is 1. The molecule has 1 heterocycles. The normalized spacial score (nSPS) is 11.2. The van der Waals surface area contributed by atoms with Gasteiger partial charge in [-0.15, -0.1) is 0 Å². The molecule has 2 N–H and O–H groups in total. The van der Waals surface area contributed by atoms with Gasteiger partial charge >= 0.3 is 11.7 Å². The summed E-state index contributed by atoms with van der Waals surface area (Å²) in [5.41, 5.74) is 4.91. The first-order valence-corrected chi connectivity index (χ1v) is 9.82. The van der Waals surface area contributed by atoms with Crippen molar-refractivity contribution in [3.8, 4) is 0 Å². The molecular weight excluding hydrogens is 407 g/mol. The van der Waals surface area contributed by atoms with Gasteiger partial charge in [0, 0.05) is 12.6 Å². The van der Waals surface area contributed by atoms with Crippen molar-refractivity contribution in [2.24, 2.45) is 0 Å². The Labute approximate surface area is 178 Å². The zero-order chi connectivity index (χ0) is 23.3. The van der Waals surface area contributed by atoms with E-state index in [1.807, 2.05) is 0 Å².